The van der Waals surface area contributed by atoms with Crippen molar-refractivity contribution >= 4 is 12.0 Å². The third kappa shape index (κ3) is 3.68. The number of carbonyl (C=O) groups is 2. The van der Waals surface area contributed by atoms with Gasteiger partial charge in [-0.2, -0.15) is 0 Å². The third-order valence-electron chi connectivity index (χ3n) is 2.82. The first kappa shape index (κ1) is 13.3. The fourth-order valence-electron chi connectivity index (χ4n) is 1.82. The maximum absolute atomic E-state index is 11.8. The summed E-state index contributed by atoms with van der Waals surface area (Å²) in [5.41, 5.74) is 0. The fourth-order valence-corrected chi connectivity index (χ4v) is 1.82. The van der Waals surface area contributed by atoms with Crippen molar-refractivity contribution in [3.05, 3.63) is 18.2 Å². The number of carbonyl (C=O) groups excluding carboxylic acids is 1. The number of aliphatic carboxylic acids is 1. The molecule has 19 heavy (non-hydrogen) atoms. The number of morpholine rings is 1. The number of carboxylic acid groups (broad SMARTS) is 1. The molecule has 8 nitrogen and oxygen atoms in total. The Bertz CT molecular complexity index is 434. The first-order valence-electron chi connectivity index (χ1n) is 6.02. The van der Waals surface area contributed by atoms with Crippen molar-refractivity contribution in [2.75, 3.05) is 26.2 Å². The van der Waals surface area contributed by atoms with Gasteiger partial charge in [0.1, 0.15) is 5.82 Å². The number of amides is 2. The normalized spacial score (nSPS) is 19.2. The maximum Gasteiger partial charge on any atom is 0.334 e. The van der Waals surface area contributed by atoms with E-state index < -0.39 is 12.1 Å². The topological polar surface area (TPSA) is 108 Å². The fraction of sp³-hybridized carbons (Fsp3) is 0.545. The van der Waals surface area contributed by atoms with E-state index in [2.05, 4.69) is 15.3 Å². The van der Waals surface area contributed by atoms with Gasteiger partial charge in [0, 0.05) is 31.9 Å². The summed E-state index contributed by atoms with van der Waals surface area (Å²) >= 11 is 0. The Morgan fingerprint density at radius 3 is 3.16 bits per heavy atom. The van der Waals surface area contributed by atoms with Gasteiger partial charge >= 0.3 is 12.0 Å². The van der Waals surface area contributed by atoms with Gasteiger partial charge in [0.2, 0.25) is 0 Å². The molecular formula is C11H16N4O4. The SMILES string of the molecule is O=C(O)C1CN(C(=O)NCCc2ncc[nH]2)CCO1. The Morgan fingerprint density at radius 1 is 1.63 bits per heavy atom. The summed E-state index contributed by atoms with van der Waals surface area (Å²) in [6.07, 6.45) is 3.03. The number of nitrogens with zero attached hydrogens (tertiary/aromatic N) is 2. The van der Waals surface area contributed by atoms with E-state index in [1.165, 1.54) is 4.90 Å². The van der Waals surface area contributed by atoms with Crippen LogP contribution < -0.4 is 5.32 Å². The number of aromatic amines is 1. The Morgan fingerprint density at radius 2 is 2.47 bits per heavy atom. The number of H-pyrrole nitrogens is 1. The van der Waals surface area contributed by atoms with E-state index in [1.807, 2.05) is 0 Å². The second-order valence-corrected chi connectivity index (χ2v) is 4.16. The minimum atomic E-state index is -1.05. The van der Waals surface area contributed by atoms with Crippen LogP contribution in [0.5, 0.6) is 0 Å². The van der Waals surface area contributed by atoms with Crippen molar-refractivity contribution in [3.8, 4) is 0 Å². The summed E-state index contributed by atoms with van der Waals surface area (Å²) < 4.78 is 5.05. The lowest BCUT2D eigenvalue weighted by atomic mass is 10.3. The molecule has 0 aromatic carbocycles. The maximum atomic E-state index is 11.8. The van der Waals surface area contributed by atoms with E-state index in [1.54, 1.807) is 12.4 Å². The van der Waals surface area contributed by atoms with Gasteiger partial charge in [0.15, 0.2) is 6.10 Å². The lowest BCUT2D eigenvalue weighted by molar-refractivity contribution is -0.154. The average molecular weight is 268 g/mol. The number of hydrogen-bond donors (Lipinski definition) is 3. The molecule has 1 saturated heterocycles. The van der Waals surface area contributed by atoms with Crippen LogP contribution in [0.25, 0.3) is 0 Å². The van der Waals surface area contributed by atoms with E-state index in [9.17, 15) is 9.59 Å². The van der Waals surface area contributed by atoms with E-state index in [-0.39, 0.29) is 19.2 Å². The molecule has 104 valence electrons. The van der Waals surface area contributed by atoms with Gasteiger partial charge < -0.3 is 25.0 Å². The highest BCUT2D eigenvalue weighted by Crippen LogP contribution is 2.05. The van der Waals surface area contributed by atoms with Crippen LogP contribution in [0.15, 0.2) is 12.4 Å². The number of hydrogen-bond acceptors (Lipinski definition) is 4. The van der Waals surface area contributed by atoms with Crippen molar-refractivity contribution in [1.29, 1.82) is 0 Å². The van der Waals surface area contributed by atoms with Gasteiger partial charge in [-0.05, 0) is 0 Å². The third-order valence-corrected chi connectivity index (χ3v) is 2.82. The molecule has 0 radical (unpaired) electrons. The summed E-state index contributed by atoms with van der Waals surface area (Å²) in [5, 5.41) is 11.6. The summed E-state index contributed by atoms with van der Waals surface area (Å²) in [6.45, 7) is 1.16. The first-order valence-corrected chi connectivity index (χ1v) is 6.02. The molecule has 3 N–H and O–H groups in total. The molecule has 8 heteroatoms. The molecule has 1 aromatic heterocycles. The summed E-state index contributed by atoms with van der Waals surface area (Å²) in [7, 11) is 0. The zero-order chi connectivity index (χ0) is 13.7. The summed E-state index contributed by atoms with van der Waals surface area (Å²) in [6, 6.07) is -0.277. The predicted octanol–water partition coefficient (Wildman–Crippen LogP) is -0.553. The highest BCUT2D eigenvalue weighted by atomic mass is 16.5. The second-order valence-electron chi connectivity index (χ2n) is 4.16. The standard InChI is InChI=1S/C11H16N4O4/c16-10(17)8-7-15(5-6-19-8)11(18)14-2-1-9-12-3-4-13-9/h3-4,8H,1-2,5-7H2,(H,12,13)(H,14,18)(H,16,17). The van der Waals surface area contributed by atoms with Gasteiger partial charge in [-0.1, -0.05) is 0 Å². The number of carboxylic acids is 1. The van der Waals surface area contributed by atoms with Crippen molar-refractivity contribution in [2.45, 2.75) is 12.5 Å². The Labute approximate surface area is 109 Å². The highest BCUT2D eigenvalue weighted by Gasteiger charge is 2.28. The predicted molar refractivity (Wildman–Crippen MR) is 64.6 cm³/mol. The Kier molecular flexibility index (Phi) is 4.35. The molecule has 1 aliphatic rings. The van der Waals surface area contributed by atoms with E-state index in [0.29, 0.717) is 19.5 Å². The van der Waals surface area contributed by atoms with Gasteiger partial charge in [0.05, 0.1) is 13.2 Å². The van der Waals surface area contributed by atoms with E-state index in [4.69, 9.17) is 9.84 Å². The summed E-state index contributed by atoms with van der Waals surface area (Å²) in [5.74, 6) is -0.251. The van der Waals surface area contributed by atoms with Crippen LogP contribution >= 0.6 is 0 Å². The zero-order valence-electron chi connectivity index (χ0n) is 10.3. The molecule has 0 aliphatic carbocycles. The lowest BCUT2D eigenvalue weighted by Gasteiger charge is -2.30. The van der Waals surface area contributed by atoms with Crippen molar-refractivity contribution in [1.82, 2.24) is 20.2 Å². The quantitative estimate of drug-likeness (QED) is 0.679. The zero-order valence-corrected chi connectivity index (χ0v) is 10.3. The van der Waals surface area contributed by atoms with Crippen molar-refractivity contribution in [2.24, 2.45) is 0 Å². The van der Waals surface area contributed by atoms with Crippen molar-refractivity contribution in [3.63, 3.8) is 0 Å². The minimum Gasteiger partial charge on any atom is -0.479 e. The molecule has 1 aromatic rings. The largest absolute Gasteiger partial charge is 0.479 e. The number of imidazole rings is 1. The number of nitrogens with one attached hydrogen (secondary N) is 2. The van der Waals surface area contributed by atoms with Crippen molar-refractivity contribution < 1.29 is 19.4 Å². The van der Waals surface area contributed by atoms with Gasteiger partial charge in [0.25, 0.3) is 0 Å². The number of rotatable bonds is 4. The molecule has 0 spiro atoms. The highest BCUT2D eigenvalue weighted by molar-refractivity contribution is 5.77. The number of aromatic nitrogens is 2. The van der Waals surface area contributed by atoms with Crippen LogP contribution in [0.3, 0.4) is 0 Å². The molecule has 0 bridgehead atoms. The number of ether oxygens (including phenoxy) is 1. The van der Waals surface area contributed by atoms with Crippen LogP contribution in [0.1, 0.15) is 5.82 Å². The van der Waals surface area contributed by atoms with Crippen LogP contribution in [0.2, 0.25) is 0 Å². The van der Waals surface area contributed by atoms with Crippen LogP contribution in [0.4, 0.5) is 4.79 Å². The smallest absolute Gasteiger partial charge is 0.334 e. The molecule has 1 atom stereocenters. The van der Waals surface area contributed by atoms with Gasteiger partial charge in [-0.25, -0.2) is 14.6 Å². The lowest BCUT2D eigenvalue weighted by Crippen LogP contribution is -2.52. The molecular weight excluding hydrogens is 252 g/mol. The van der Waals surface area contributed by atoms with E-state index in [0.717, 1.165) is 5.82 Å². The van der Waals surface area contributed by atoms with Crippen LogP contribution in [-0.4, -0.2) is 64.3 Å². The molecule has 1 aliphatic heterocycles. The average Bonchev–Trinajstić information content (AvgIpc) is 2.92. The Balaban J connectivity index is 1.74. The molecule has 2 rings (SSSR count). The molecule has 0 saturated carbocycles. The van der Waals surface area contributed by atoms with Gasteiger partial charge in [-0.15, -0.1) is 0 Å². The van der Waals surface area contributed by atoms with E-state index >= 15 is 0 Å². The molecule has 1 unspecified atom stereocenters. The monoisotopic (exact) mass is 268 g/mol. The van der Waals surface area contributed by atoms with Crippen LogP contribution in [0, 0.1) is 0 Å². The Hall–Kier alpha value is -2.09. The minimum absolute atomic E-state index is 0.0713. The van der Waals surface area contributed by atoms with Crippen LogP contribution in [-0.2, 0) is 16.0 Å². The molecule has 1 fully saturated rings. The molecule has 2 heterocycles. The number of urea groups is 1. The second kappa shape index (κ2) is 6.19. The van der Waals surface area contributed by atoms with Gasteiger partial charge in [-0.3, -0.25) is 0 Å². The summed E-state index contributed by atoms with van der Waals surface area (Å²) in [4.78, 5) is 31.1. The molecule has 2 amide bonds. The first-order chi connectivity index (χ1) is 9.16.